The number of nitrogens with one attached hydrogen (secondary N) is 1. The van der Waals surface area contributed by atoms with Crippen molar-refractivity contribution in [2.45, 2.75) is 26.8 Å². The third kappa shape index (κ3) is 3.96. The van der Waals surface area contributed by atoms with Crippen LogP contribution in [0, 0.1) is 6.92 Å². The molecule has 7 nitrogen and oxygen atoms in total. The molecule has 7 heteroatoms. The lowest BCUT2D eigenvalue weighted by Crippen LogP contribution is -2.16. The van der Waals surface area contributed by atoms with Crippen molar-refractivity contribution in [3.05, 3.63) is 78.5 Å². The number of anilines is 1. The third-order valence-electron chi connectivity index (χ3n) is 4.69. The fourth-order valence-corrected chi connectivity index (χ4v) is 3.05. The average molecular weight is 398 g/mol. The van der Waals surface area contributed by atoms with Gasteiger partial charge in [-0.3, -0.25) is 19.4 Å². The summed E-state index contributed by atoms with van der Waals surface area (Å²) < 4.78 is 1.81. The van der Waals surface area contributed by atoms with Gasteiger partial charge in [0.15, 0.2) is 0 Å². The summed E-state index contributed by atoms with van der Waals surface area (Å²) in [5.41, 5.74) is 4.62. The topological polar surface area (TPSA) is 85.6 Å². The summed E-state index contributed by atoms with van der Waals surface area (Å²) in [4.78, 5) is 26.2. The van der Waals surface area contributed by atoms with E-state index in [4.69, 9.17) is 0 Å². The number of hydrogen-bond donors (Lipinski definition) is 1. The molecule has 1 N–H and O–H groups in total. The maximum absolute atomic E-state index is 13.1. The highest BCUT2D eigenvalue weighted by molar-refractivity contribution is 6.05. The van der Waals surface area contributed by atoms with Crippen molar-refractivity contribution in [2.75, 3.05) is 5.32 Å². The maximum atomic E-state index is 13.1. The van der Waals surface area contributed by atoms with Gasteiger partial charge in [0.05, 0.1) is 17.1 Å². The number of rotatable bonds is 5. The van der Waals surface area contributed by atoms with Crippen molar-refractivity contribution in [3.8, 4) is 22.6 Å². The fourth-order valence-electron chi connectivity index (χ4n) is 3.05. The van der Waals surface area contributed by atoms with Crippen LogP contribution in [0.15, 0.2) is 67.3 Å². The van der Waals surface area contributed by atoms with Crippen molar-refractivity contribution < 1.29 is 4.79 Å². The van der Waals surface area contributed by atoms with Gasteiger partial charge in [0.25, 0.3) is 5.91 Å². The van der Waals surface area contributed by atoms with Gasteiger partial charge in [0, 0.05) is 36.4 Å². The van der Waals surface area contributed by atoms with Crippen LogP contribution in [-0.2, 0) is 0 Å². The largest absolute Gasteiger partial charge is 0.317 e. The molecule has 0 unspecified atom stereocenters. The molecule has 30 heavy (non-hydrogen) atoms. The molecule has 4 aromatic rings. The Hall–Kier alpha value is -3.87. The van der Waals surface area contributed by atoms with Crippen LogP contribution in [0.5, 0.6) is 0 Å². The van der Waals surface area contributed by atoms with Gasteiger partial charge in [-0.25, -0.2) is 4.98 Å². The molecule has 0 aromatic carbocycles. The molecule has 0 radical (unpaired) electrons. The molecule has 0 bridgehead atoms. The molecule has 0 fully saturated rings. The predicted octanol–water partition coefficient (Wildman–Crippen LogP) is 4.54. The molecule has 4 rings (SSSR count). The molecular formula is C23H22N6O. The first-order valence-corrected chi connectivity index (χ1v) is 9.73. The first-order valence-electron chi connectivity index (χ1n) is 9.73. The van der Waals surface area contributed by atoms with Gasteiger partial charge in [-0.05, 0) is 56.7 Å². The number of amides is 1. The van der Waals surface area contributed by atoms with Gasteiger partial charge in [0.1, 0.15) is 11.4 Å². The average Bonchev–Trinajstić information content (AvgIpc) is 3.19. The van der Waals surface area contributed by atoms with Crippen molar-refractivity contribution in [2.24, 2.45) is 0 Å². The number of aromatic nitrogens is 5. The van der Waals surface area contributed by atoms with Crippen LogP contribution < -0.4 is 5.32 Å². The van der Waals surface area contributed by atoms with Crippen molar-refractivity contribution in [3.63, 3.8) is 0 Å². The summed E-state index contributed by atoms with van der Waals surface area (Å²) in [5.74, 6) is -0.293. The second-order valence-corrected chi connectivity index (χ2v) is 7.24. The van der Waals surface area contributed by atoms with Crippen molar-refractivity contribution in [1.29, 1.82) is 0 Å². The fraction of sp³-hybridized carbons (Fsp3) is 0.174. The highest BCUT2D eigenvalue weighted by Gasteiger charge is 2.19. The van der Waals surface area contributed by atoms with Gasteiger partial charge < -0.3 is 5.32 Å². The van der Waals surface area contributed by atoms with E-state index >= 15 is 0 Å². The summed E-state index contributed by atoms with van der Waals surface area (Å²) in [6, 6.07) is 13.3. The molecule has 150 valence electrons. The zero-order valence-corrected chi connectivity index (χ0v) is 17.1. The van der Waals surface area contributed by atoms with Gasteiger partial charge in [-0.2, -0.15) is 5.10 Å². The Morgan fingerprint density at radius 2 is 1.90 bits per heavy atom. The molecule has 0 aliphatic rings. The Labute approximate surface area is 174 Å². The number of carbonyl (C=O) groups excluding carboxylic acids is 1. The van der Waals surface area contributed by atoms with Gasteiger partial charge in [0.2, 0.25) is 0 Å². The summed E-state index contributed by atoms with van der Waals surface area (Å²) in [7, 11) is 0. The van der Waals surface area contributed by atoms with Crippen LogP contribution in [0.3, 0.4) is 0 Å². The molecule has 0 saturated heterocycles. The second kappa shape index (κ2) is 8.24. The minimum atomic E-state index is -0.293. The van der Waals surface area contributed by atoms with Crippen LogP contribution in [-0.4, -0.2) is 30.6 Å². The molecule has 0 spiro atoms. The van der Waals surface area contributed by atoms with E-state index in [-0.39, 0.29) is 11.9 Å². The molecule has 4 heterocycles. The number of aryl methyl sites for hydroxylation is 1. The summed E-state index contributed by atoms with van der Waals surface area (Å²) in [6.07, 6.45) is 6.97. The van der Waals surface area contributed by atoms with E-state index in [1.807, 2.05) is 74.1 Å². The highest BCUT2D eigenvalue weighted by Crippen LogP contribution is 2.27. The minimum Gasteiger partial charge on any atom is -0.317 e. The van der Waals surface area contributed by atoms with Crippen LogP contribution in [0.25, 0.3) is 22.6 Å². The Morgan fingerprint density at radius 1 is 1.03 bits per heavy atom. The zero-order valence-electron chi connectivity index (χ0n) is 17.1. The van der Waals surface area contributed by atoms with Crippen LogP contribution in [0.1, 0.15) is 35.9 Å². The van der Waals surface area contributed by atoms with E-state index in [9.17, 15) is 4.79 Å². The Bertz CT molecular complexity index is 1170. The van der Waals surface area contributed by atoms with Gasteiger partial charge in [-0.15, -0.1) is 0 Å². The van der Waals surface area contributed by atoms with Crippen LogP contribution in [0.4, 0.5) is 5.69 Å². The molecule has 0 aliphatic heterocycles. The Balaban J connectivity index is 1.69. The van der Waals surface area contributed by atoms with Crippen LogP contribution in [0.2, 0.25) is 0 Å². The normalized spacial score (nSPS) is 10.9. The number of carbonyl (C=O) groups is 1. The molecular weight excluding hydrogens is 376 g/mol. The highest BCUT2D eigenvalue weighted by atomic mass is 16.1. The molecule has 1 amide bonds. The van der Waals surface area contributed by atoms with Crippen molar-refractivity contribution in [1.82, 2.24) is 24.7 Å². The first-order chi connectivity index (χ1) is 14.5. The first kappa shape index (κ1) is 19.4. The maximum Gasteiger partial charge on any atom is 0.274 e. The van der Waals surface area contributed by atoms with E-state index in [1.165, 1.54) is 0 Å². The lowest BCUT2D eigenvalue weighted by Gasteiger charge is -2.09. The second-order valence-electron chi connectivity index (χ2n) is 7.24. The van der Waals surface area contributed by atoms with E-state index in [0.717, 1.165) is 11.1 Å². The molecule has 0 atom stereocenters. The van der Waals surface area contributed by atoms with Crippen molar-refractivity contribution >= 4 is 11.6 Å². The number of pyridine rings is 3. The SMILES string of the molecule is Cc1ccc(-c2cccnc2)nc1C(=O)Nc1cn(C(C)C)nc1-c1ccccn1. The quantitative estimate of drug-likeness (QED) is 0.533. The lowest BCUT2D eigenvalue weighted by atomic mass is 10.1. The number of nitrogens with zero attached hydrogens (tertiary/aromatic N) is 5. The summed E-state index contributed by atoms with van der Waals surface area (Å²) in [5, 5.41) is 7.60. The summed E-state index contributed by atoms with van der Waals surface area (Å²) in [6.45, 7) is 5.93. The van der Waals surface area contributed by atoms with E-state index in [2.05, 4.69) is 25.4 Å². The molecule has 0 aliphatic carbocycles. The monoisotopic (exact) mass is 398 g/mol. The van der Waals surface area contributed by atoms with Crippen LogP contribution >= 0.6 is 0 Å². The third-order valence-corrected chi connectivity index (χ3v) is 4.69. The van der Waals surface area contributed by atoms with E-state index in [0.29, 0.717) is 28.5 Å². The number of hydrogen-bond acceptors (Lipinski definition) is 5. The lowest BCUT2D eigenvalue weighted by molar-refractivity contribution is 0.102. The van der Waals surface area contributed by atoms with Gasteiger partial charge >= 0.3 is 0 Å². The smallest absolute Gasteiger partial charge is 0.274 e. The Morgan fingerprint density at radius 3 is 2.60 bits per heavy atom. The summed E-state index contributed by atoms with van der Waals surface area (Å²) >= 11 is 0. The predicted molar refractivity (Wildman–Crippen MR) is 116 cm³/mol. The van der Waals surface area contributed by atoms with Gasteiger partial charge in [-0.1, -0.05) is 12.1 Å². The Kier molecular flexibility index (Phi) is 5.34. The molecule has 0 saturated carbocycles. The molecule has 4 aromatic heterocycles. The standard InChI is InChI=1S/C23H22N6O/c1-15(2)29-14-20(22(28-29)19-8-4-5-12-25-19)27-23(30)21-16(3)9-10-18(26-21)17-7-6-11-24-13-17/h4-15H,1-3H3,(H,27,30). The zero-order chi connectivity index (χ0) is 21.1. The van der Waals surface area contributed by atoms with E-state index < -0.39 is 0 Å². The van der Waals surface area contributed by atoms with E-state index in [1.54, 1.807) is 18.6 Å². The minimum absolute atomic E-state index is 0.145.